The number of carbonyl (C=O) groups excluding carboxylic acids is 1. The van der Waals surface area contributed by atoms with Crippen molar-refractivity contribution in [3.63, 3.8) is 0 Å². The van der Waals surface area contributed by atoms with Crippen molar-refractivity contribution in [3.05, 3.63) is 86.0 Å². The minimum atomic E-state index is -3.78. The molecule has 0 saturated carbocycles. The molecule has 3 rings (SSSR count). The Kier molecular flexibility index (Phi) is 7.70. The number of nitrogens with two attached hydrogens (primary N) is 1. The van der Waals surface area contributed by atoms with E-state index in [1.54, 1.807) is 0 Å². The number of rotatable bonds is 8. The summed E-state index contributed by atoms with van der Waals surface area (Å²) in [5.74, 6) is -6.08. The van der Waals surface area contributed by atoms with Crippen LogP contribution in [0.3, 0.4) is 0 Å². The zero-order valence-electron chi connectivity index (χ0n) is 17.6. The minimum absolute atomic E-state index is 0.158. The van der Waals surface area contributed by atoms with Crippen LogP contribution < -0.4 is 15.8 Å². The number of nitrogens with one attached hydrogen (secondary N) is 2. The summed E-state index contributed by atoms with van der Waals surface area (Å²) >= 11 is 1.87. The maximum atomic E-state index is 15.0. The van der Waals surface area contributed by atoms with Crippen molar-refractivity contribution in [1.82, 2.24) is 0 Å². The number of halogens is 5. The van der Waals surface area contributed by atoms with Gasteiger partial charge in [-0.05, 0) is 71.0 Å². The molecule has 0 aliphatic heterocycles. The number of amides is 1. The molecule has 0 atom stereocenters. The van der Waals surface area contributed by atoms with Crippen LogP contribution in [-0.4, -0.2) is 20.1 Å². The van der Waals surface area contributed by atoms with E-state index >= 15 is 0 Å². The molecule has 0 fully saturated rings. The van der Waals surface area contributed by atoms with Crippen LogP contribution in [0.25, 0.3) is 0 Å². The molecule has 180 valence electrons. The van der Waals surface area contributed by atoms with Crippen LogP contribution in [0.2, 0.25) is 0 Å². The molecule has 3 aromatic carbocycles. The lowest BCUT2D eigenvalue weighted by atomic mass is 9.99. The van der Waals surface area contributed by atoms with Crippen molar-refractivity contribution in [2.45, 2.75) is 13.3 Å². The molecule has 0 saturated heterocycles. The van der Waals surface area contributed by atoms with Crippen LogP contribution >= 0.6 is 22.6 Å². The summed E-state index contributed by atoms with van der Waals surface area (Å²) in [6.07, 6.45) is -0.519. The second kappa shape index (κ2) is 10.2. The standard InChI is InChI=1S/C22H18F4IN3O3S/c1-2-34(32,33)30-17-5-3-4-11(18(17)24)8-12-9-14(22(28)31)21(20(26)19(12)25)29-16-7-6-13(27)10-15(16)23/h3-7,9-10,29-30H,2,8H2,1H3,(H2,28,31). The lowest BCUT2D eigenvalue weighted by Gasteiger charge is -2.16. The topological polar surface area (TPSA) is 101 Å². The largest absolute Gasteiger partial charge is 0.366 e. The SMILES string of the molecule is CCS(=O)(=O)Nc1cccc(Cc2cc(C(N)=O)c(Nc3ccc(I)cc3F)c(F)c2F)c1F. The Labute approximate surface area is 206 Å². The zero-order valence-corrected chi connectivity index (χ0v) is 20.5. The van der Waals surface area contributed by atoms with E-state index < -0.39 is 62.4 Å². The fourth-order valence-corrected chi connectivity index (χ4v) is 4.18. The van der Waals surface area contributed by atoms with Crippen molar-refractivity contribution in [2.24, 2.45) is 5.73 Å². The van der Waals surface area contributed by atoms with Crippen molar-refractivity contribution in [3.8, 4) is 0 Å². The summed E-state index contributed by atoms with van der Waals surface area (Å²) < 4.78 is 85.1. The smallest absolute Gasteiger partial charge is 0.250 e. The lowest BCUT2D eigenvalue weighted by Crippen LogP contribution is -2.17. The van der Waals surface area contributed by atoms with Gasteiger partial charge in [0.05, 0.1) is 28.4 Å². The molecule has 1 amide bonds. The lowest BCUT2D eigenvalue weighted by molar-refractivity contribution is 0.100. The number of carbonyl (C=O) groups is 1. The first kappa shape index (κ1) is 25.7. The zero-order chi connectivity index (χ0) is 25.2. The van der Waals surface area contributed by atoms with Crippen LogP contribution in [0, 0.1) is 26.8 Å². The quantitative estimate of drug-likeness (QED) is 0.247. The van der Waals surface area contributed by atoms with Gasteiger partial charge in [0.25, 0.3) is 5.91 Å². The molecule has 0 bridgehead atoms. The Morgan fingerprint density at radius 2 is 1.68 bits per heavy atom. The van der Waals surface area contributed by atoms with E-state index in [9.17, 15) is 30.8 Å². The Bertz CT molecular complexity index is 1380. The van der Waals surface area contributed by atoms with E-state index in [-0.39, 0.29) is 22.7 Å². The summed E-state index contributed by atoms with van der Waals surface area (Å²) in [7, 11) is -3.78. The monoisotopic (exact) mass is 607 g/mol. The van der Waals surface area contributed by atoms with Gasteiger partial charge in [-0.3, -0.25) is 9.52 Å². The highest BCUT2D eigenvalue weighted by molar-refractivity contribution is 14.1. The first-order chi connectivity index (χ1) is 15.9. The van der Waals surface area contributed by atoms with Crippen molar-refractivity contribution >= 4 is 55.6 Å². The molecule has 12 heteroatoms. The number of anilines is 3. The van der Waals surface area contributed by atoms with E-state index in [1.807, 2.05) is 22.6 Å². The van der Waals surface area contributed by atoms with Gasteiger partial charge in [0, 0.05) is 9.99 Å². The highest BCUT2D eigenvalue weighted by Crippen LogP contribution is 2.32. The third-order valence-electron chi connectivity index (χ3n) is 4.84. The molecule has 0 aliphatic carbocycles. The molecule has 0 aromatic heterocycles. The average Bonchev–Trinajstić information content (AvgIpc) is 2.77. The van der Waals surface area contributed by atoms with E-state index in [4.69, 9.17) is 5.73 Å². The normalized spacial score (nSPS) is 11.4. The highest BCUT2D eigenvalue weighted by Gasteiger charge is 2.24. The van der Waals surface area contributed by atoms with Gasteiger partial charge in [0.1, 0.15) is 5.82 Å². The number of sulfonamides is 1. The number of hydrogen-bond donors (Lipinski definition) is 3. The molecule has 0 spiro atoms. The molecular formula is C22H18F4IN3O3S. The maximum Gasteiger partial charge on any atom is 0.250 e. The van der Waals surface area contributed by atoms with Crippen LogP contribution in [0.1, 0.15) is 28.4 Å². The predicted octanol–water partition coefficient (Wildman–Crippen LogP) is 5.04. The molecule has 4 N–H and O–H groups in total. The summed E-state index contributed by atoms with van der Waals surface area (Å²) in [5.41, 5.74) is 3.06. The van der Waals surface area contributed by atoms with Gasteiger partial charge in [0.15, 0.2) is 17.5 Å². The van der Waals surface area contributed by atoms with Gasteiger partial charge in [-0.1, -0.05) is 12.1 Å². The molecule has 3 aromatic rings. The molecule has 0 aliphatic rings. The number of primary amides is 1. The number of benzene rings is 3. The second-order valence-electron chi connectivity index (χ2n) is 7.16. The predicted molar refractivity (Wildman–Crippen MR) is 130 cm³/mol. The third-order valence-corrected chi connectivity index (χ3v) is 6.81. The van der Waals surface area contributed by atoms with Gasteiger partial charge < -0.3 is 11.1 Å². The fourth-order valence-electron chi connectivity index (χ4n) is 3.09. The van der Waals surface area contributed by atoms with Crippen LogP contribution in [0.5, 0.6) is 0 Å². The first-order valence-corrected chi connectivity index (χ1v) is 12.5. The molecule has 0 radical (unpaired) electrons. The van der Waals surface area contributed by atoms with Gasteiger partial charge in [-0.2, -0.15) is 0 Å². The van der Waals surface area contributed by atoms with Gasteiger partial charge in [-0.15, -0.1) is 0 Å². The molecule has 0 heterocycles. The Balaban J connectivity index is 2.04. The van der Waals surface area contributed by atoms with E-state index in [1.165, 1.54) is 37.3 Å². The third kappa shape index (κ3) is 5.60. The Hall–Kier alpha value is -2.87. The van der Waals surface area contributed by atoms with E-state index in [0.717, 1.165) is 12.1 Å². The summed E-state index contributed by atoms with van der Waals surface area (Å²) in [6, 6.07) is 8.67. The van der Waals surface area contributed by atoms with Crippen LogP contribution in [0.15, 0.2) is 42.5 Å². The first-order valence-electron chi connectivity index (χ1n) is 9.74. The van der Waals surface area contributed by atoms with Crippen molar-refractivity contribution in [2.75, 3.05) is 15.8 Å². The fraction of sp³-hybridized carbons (Fsp3) is 0.136. The van der Waals surface area contributed by atoms with Gasteiger partial charge in [-0.25, -0.2) is 26.0 Å². The van der Waals surface area contributed by atoms with Gasteiger partial charge in [0.2, 0.25) is 10.0 Å². The van der Waals surface area contributed by atoms with E-state index in [0.29, 0.717) is 3.57 Å². The summed E-state index contributed by atoms with van der Waals surface area (Å²) in [6.45, 7) is 1.37. The summed E-state index contributed by atoms with van der Waals surface area (Å²) in [4.78, 5) is 12.0. The van der Waals surface area contributed by atoms with E-state index in [2.05, 4.69) is 10.0 Å². The molecule has 34 heavy (non-hydrogen) atoms. The Morgan fingerprint density at radius 3 is 2.29 bits per heavy atom. The van der Waals surface area contributed by atoms with Gasteiger partial charge >= 0.3 is 0 Å². The second-order valence-corrected chi connectivity index (χ2v) is 10.4. The van der Waals surface area contributed by atoms with Crippen LogP contribution in [0.4, 0.5) is 34.6 Å². The van der Waals surface area contributed by atoms with Crippen molar-refractivity contribution in [1.29, 1.82) is 0 Å². The van der Waals surface area contributed by atoms with Crippen molar-refractivity contribution < 1.29 is 30.8 Å². The summed E-state index contributed by atoms with van der Waals surface area (Å²) in [5, 5.41) is 2.36. The minimum Gasteiger partial charge on any atom is -0.366 e. The molecule has 0 unspecified atom stereocenters. The molecular weight excluding hydrogens is 589 g/mol. The Morgan fingerprint density at radius 1 is 0.971 bits per heavy atom. The molecule has 6 nitrogen and oxygen atoms in total. The average molecular weight is 607 g/mol. The van der Waals surface area contributed by atoms with Crippen LogP contribution in [-0.2, 0) is 16.4 Å². The highest BCUT2D eigenvalue weighted by atomic mass is 127. The number of hydrogen-bond acceptors (Lipinski definition) is 4. The maximum absolute atomic E-state index is 15.0.